The fraction of sp³-hybridized carbons (Fsp3) is 0.0556. The van der Waals surface area contributed by atoms with E-state index in [1.54, 1.807) is 6.07 Å². The fourth-order valence-electron chi connectivity index (χ4n) is 2.35. The Morgan fingerprint density at radius 1 is 0.960 bits per heavy atom. The number of rotatable bonds is 5. The number of primary sulfonamides is 1. The van der Waals surface area contributed by atoms with E-state index in [0.717, 1.165) is 15.7 Å². The SMILES string of the molecule is NS(=O)(=O)c1cccc(NC(=O)CSc2ccc3ccccc3c2)c1. The van der Waals surface area contributed by atoms with Gasteiger partial charge in [-0.2, -0.15) is 0 Å². The van der Waals surface area contributed by atoms with Crippen LogP contribution < -0.4 is 10.5 Å². The van der Waals surface area contributed by atoms with Crippen molar-refractivity contribution in [2.75, 3.05) is 11.1 Å². The van der Waals surface area contributed by atoms with Gasteiger partial charge in [0.1, 0.15) is 0 Å². The summed E-state index contributed by atoms with van der Waals surface area (Å²) in [6.45, 7) is 0. The molecule has 0 aliphatic carbocycles. The molecule has 0 bridgehead atoms. The quantitative estimate of drug-likeness (QED) is 0.673. The standard InChI is InChI=1S/C18H16N2O3S2/c19-25(22,23)17-7-3-6-15(11-17)20-18(21)12-24-16-9-8-13-4-1-2-5-14(13)10-16/h1-11H,12H2,(H,20,21)(H2,19,22,23). The molecule has 0 atom stereocenters. The third kappa shape index (κ3) is 4.60. The van der Waals surface area contributed by atoms with Gasteiger partial charge in [-0.25, -0.2) is 13.6 Å². The van der Waals surface area contributed by atoms with Gasteiger partial charge in [-0.3, -0.25) is 4.79 Å². The molecule has 0 aliphatic rings. The summed E-state index contributed by atoms with van der Waals surface area (Å²) in [7, 11) is -3.79. The van der Waals surface area contributed by atoms with Crippen molar-refractivity contribution in [3.8, 4) is 0 Å². The third-order valence-corrected chi connectivity index (χ3v) is 5.44. The van der Waals surface area contributed by atoms with Crippen molar-refractivity contribution in [2.45, 2.75) is 9.79 Å². The maximum absolute atomic E-state index is 12.1. The molecule has 7 heteroatoms. The van der Waals surface area contributed by atoms with Crippen LogP contribution in [0, 0.1) is 0 Å². The number of nitrogens with two attached hydrogens (primary N) is 1. The van der Waals surface area contributed by atoms with Gasteiger partial charge in [0.25, 0.3) is 0 Å². The van der Waals surface area contributed by atoms with E-state index in [1.807, 2.05) is 42.5 Å². The van der Waals surface area contributed by atoms with Gasteiger partial charge >= 0.3 is 0 Å². The highest BCUT2D eigenvalue weighted by Crippen LogP contribution is 2.24. The average molecular weight is 372 g/mol. The van der Waals surface area contributed by atoms with Crippen LogP contribution in [0.4, 0.5) is 5.69 Å². The molecule has 3 rings (SSSR count). The molecule has 128 valence electrons. The first kappa shape index (κ1) is 17.5. The highest BCUT2D eigenvalue weighted by molar-refractivity contribution is 8.00. The molecule has 0 aliphatic heterocycles. The van der Waals surface area contributed by atoms with E-state index in [1.165, 1.54) is 30.0 Å². The number of nitrogens with one attached hydrogen (secondary N) is 1. The topological polar surface area (TPSA) is 89.3 Å². The van der Waals surface area contributed by atoms with Gasteiger partial charge in [0.2, 0.25) is 15.9 Å². The van der Waals surface area contributed by atoms with Gasteiger partial charge in [-0.1, -0.05) is 36.4 Å². The first-order valence-electron chi connectivity index (χ1n) is 7.46. The van der Waals surface area contributed by atoms with Crippen molar-refractivity contribution in [3.05, 3.63) is 66.7 Å². The Morgan fingerprint density at radius 2 is 1.72 bits per heavy atom. The third-order valence-electron chi connectivity index (χ3n) is 3.54. The Balaban J connectivity index is 1.64. The zero-order valence-corrected chi connectivity index (χ0v) is 14.8. The lowest BCUT2D eigenvalue weighted by atomic mass is 10.1. The first-order chi connectivity index (χ1) is 11.9. The van der Waals surface area contributed by atoms with E-state index in [0.29, 0.717) is 5.69 Å². The number of anilines is 1. The van der Waals surface area contributed by atoms with Crippen LogP contribution in [-0.4, -0.2) is 20.1 Å². The van der Waals surface area contributed by atoms with Crippen molar-refractivity contribution in [2.24, 2.45) is 5.14 Å². The second-order valence-corrected chi connectivity index (χ2v) is 8.03. The molecule has 3 N–H and O–H groups in total. The summed E-state index contributed by atoms with van der Waals surface area (Å²) in [6, 6.07) is 19.9. The number of carbonyl (C=O) groups excluding carboxylic acids is 1. The van der Waals surface area contributed by atoms with Gasteiger partial charge in [0.05, 0.1) is 10.6 Å². The second kappa shape index (κ2) is 7.26. The molecule has 0 spiro atoms. The molecule has 0 heterocycles. The second-order valence-electron chi connectivity index (χ2n) is 5.42. The van der Waals surface area contributed by atoms with Crippen molar-refractivity contribution < 1.29 is 13.2 Å². The van der Waals surface area contributed by atoms with Gasteiger partial charge in [-0.15, -0.1) is 11.8 Å². The van der Waals surface area contributed by atoms with E-state index < -0.39 is 10.0 Å². The molecule has 0 radical (unpaired) electrons. The fourth-order valence-corrected chi connectivity index (χ4v) is 3.66. The van der Waals surface area contributed by atoms with E-state index in [2.05, 4.69) is 5.32 Å². The molecule has 0 saturated heterocycles. The van der Waals surface area contributed by atoms with E-state index >= 15 is 0 Å². The minimum absolute atomic E-state index is 0.0347. The maximum Gasteiger partial charge on any atom is 0.238 e. The molecule has 5 nitrogen and oxygen atoms in total. The first-order valence-corrected chi connectivity index (χ1v) is 9.99. The Morgan fingerprint density at radius 3 is 2.48 bits per heavy atom. The molecule has 3 aromatic rings. The Bertz CT molecular complexity index is 1030. The predicted molar refractivity (Wildman–Crippen MR) is 101 cm³/mol. The summed E-state index contributed by atoms with van der Waals surface area (Å²) in [6.07, 6.45) is 0. The van der Waals surface area contributed by atoms with Crippen LogP contribution in [0.3, 0.4) is 0 Å². The lowest BCUT2D eigenvalue weighted by Gasteiger charge is -2.07. The number of fused-ring (bicyclic) bond motifs is 1. The van der Waals surface area contributed by atoms with Crippen molar-refractivity contribution in [1.29, 1.82) is 0 Å². The van der Waals surface area contributed by atoms with Crippen molar-refractivity contribution in [1.82, 2.24) is 0 Å². The summed E-state index contributed by atoms with van der Waals surface area (Å²) in [4.78, 5) is 13.1. The summed E-state index contributed by atoms with van der Waals surface area (Å²) in [5.41, 5.74) is 0.399. The number of thioether (sulfide) groups is 1. The van der Waals surface area contributed by atoms with Crippen LogP contribution in [0.2, 0.25) is 0 Å². The molecular weight excluding hydrogens is 356 g/mol. The van der Waals surface area contributed by atoms with Crippen LogP contribution in [0.5, 0.6) is 0 Å². The molecule has 0 aromatic heterocycles. The predicted octanol–water partition coefficient (Wildman–Crippen LogP) is 3.22. The van der Waals surface area contributed by atoms with E-state index in [-0.39, 0.29) is 16.6 Å². The molecule has 3 aromatic carbocycles. The summed E-state index contributed by atoms with van der Waals surface area (Å²) < 4.78 is 22.7. The van der Waals surface area contributed by atoms with Crippen LogP contribution in [0.25, 0.3) is 10.8 Å². The molecular formula is C18H16N2O3S2. The molecule has 0 saturated carbocycles. The molecule has 0 unspecified atom stereocenters. The molecule has 1 amide bonds. The monoisotopic (exact) mass is 372 g/mol. The van der Waals surface area contributed by atoms with Crippen molar-refractivity contribution in [3.63, 3.8) is 0 Å². The van der Waals surface area contributed by atoms with Gasteiger partial charge in [0.15, 0.2) is 0 Å². The largest absolute Gasteiger partial charge is 0.325 e. The molecule has 25 heavy (non-hydrogen) atoms. The van der Waals surface area contributed by atoms with E-state index in [9.17, 15) is 13.2 Å². The maximum atomic E-state index is 12.1. The van der Waals surface area contributed by atoms with Crippen LogP contribution in [-0.2, 0) is 14.8 Å². The zero-order chi connectivity index (χ0) is 17.9. The Hall–Kier alpha value is -2.35. The lowest BCUT2D eigenvalue weighted by molar-refractivity contribution is -0.113. The minimum atomic E-state index is -3.79. The van der Waals surface area contributed by atoms with Gasteiger partial charge < -0.3 is 5.32 Å². The number of hydrogen-bond acceptors (Lipinski definition) is 4. The highest BCUT2D eigenvalue weighted by Gasteiger charge is 2.10. The number of carbonyl (C=O) groups is 1. The summed E-state index contributed by atoms with van der Waals surface area (Å²) >= 11 is 1.42. The van der Waals surface area contributed by atoms with Crippen LogP contribution in [0.15, 0.2) is 76.5 Å². The van der Waals surface area contributed by atoms with Crippen LogP contribution in [0.1, 0.15) is 0 Å². The Kier molecular flexibility index (Phi) is 5.08. The smallest absolute Gasteiger partial charge is 0.238 e. The van der Waals surface area contributed by atoms with Crippen LogP contribution >= 0.6 is 11.8 Å². The zero-order valence-electron chi connectivity index (χ0n) is 13.2. The Labute approximate surface area is 150 Å². The van der Waals surface area contributed by atoms with Crippen molar-refractivity contribution >= 4 is 44.2 Å². The van der Waals surface area contributed by atoms with Gasteiger partial charge in [-0.05, 0) is 41.1 Å². The minimum Gasteiger partial charge on any atom is -0.325 e. The summed E-state index contributed by atoms with van der Waals surface area (Å²) in [5, 5.41) is 10.0. The number of hydrogen-bond donors (Lipinski definition) is 2. The number of sulfonamides is 1. The lowest BCUT2D eigenvalue weighted by Crippen LogP contribution is -2.16. The van der Waals surface area contributed by atoms with Gasteiger partial charge in [0, 0.05) is 10.6 Å². The molecule has 0 fully saturated rings. The number of amides is 1. The average Bonchev–Trinajstić information content (AvgIpc) is 2.59. The highest BCUT2D eigenvalue weighted by atomic mass is 32.2. The van der Waals surface area contributed by atoms with E-state index in [4.69, 9.17) is 5.14 Å². The normalized spacial score (nSPS) is 11.4. The number of benzene rings is 3. The summed E-state index contributed by atoms with van der Waals surface area (Å²) in [5.74, 6) is 0.00234.